The molecule has 2 amide bonds. The average molecular weight is 388 g/mol. The first-order chi connectivity index (χ1) is 12.2. The van der Waals surface area contributed by atoms with Gasteiger partial charge in [-0.25, -0.2) is 0 Å². The number of nitrogens with zero attached hydrogens (tertiary/aromatic N) is 2. The zero-order valence-corrected chi connectivity index (χ0v) is 15.0. The van der Waals surface area contributed by atoms with Gasteiger partial charge in [-0.2, -0.15) is 0 Å². The van der Waals surface area contributed by atoms with Crippen LogP contribution in [0.1, 0.15) is 30.2 Å². The Morgan fingerprint density at radius 3 is 2.65 bits per heavy atom. The Balaban J connectivity index is 1.70. The molecule has 1 aromatic carbocycles. The molecule has 0 N–H and O–H groups in total. The Kier molecular flexibility index (Phi) is 5.36. The summed E-state index contributed by atoms with van der Waals surface area (Å²) in [7, 11) is 1.59. The third kappa shape index (κ3) is 4.25. The molecule has 2 heterocycles. The summed E-state index contributed by atoms with van der Waals surface area (Å²) in [6, 6.07) is 5.60. The van der Waals surface area contributed by atoms with Gasteiger partial charge in [0.1, 0.15) is 11.1 Å². The summed E-state index contributed by atoms with van der Waals surface area (Å²) in [5, 5.41) is -0.971. The SMILES string of the molecule is CN1C(=O)C(CC(=O)N2CCCC2)SC1c1cccc(OC(F)(F)F)c1. The van der Waals surface area contributed by atoms with Crippen molar-refractivity contribution in [2.75, 3.05) is 20.1 Å². The van der Waals surface area contributed by atoms with Crippen LogP contribution in [0.15, 0.2) is 24.3 Å². The molecular formula is C17H19F3N2O3S. The van der Waals surface area contributed by atoms with E-state index in [1.54, 1.807) is 18.0 Å². The van der Waals surface area contributed by atoms with Gasteiger partial charge in [0.05, 0.1) is 5.25 Å². The fourth-order valence-electron chi connectivity index (χ4n) is 3.20. The van der Waals surface area contributed by atoms with Gasteiger partial charge in [0.2, 0.25) is 11.8 Å². The van der Waals surface area contributed by atoms with Crippen molar-refractivity contribution in [1.29, 1.82) is 0 Å². The highest BCUT2D eigenvalue weighted by Crippen LogP contribution is 2.44. The highest BCUT2D eigenvalue weighted by Gasteiger charge is 2.41. The standard InChI is InChI=1S/C17H19F3N2O3S/c1-21-15(24)13(10-14(23)22-7-2-3-8-22)26-16(21)11-5-4-6-12(9-11)25-17(18,19)20/h4-6,9,13,16H,2-3,7-8,10H2,1H3. The number of benzene rings is 1. The molecule has 0 radical (unpaired) electrons. The van der Waals surface area contributed by atoms with Crippen LogP contribution in [0, 0.1) is 0 Å². The third-order valence-corrected chi connectivity index (χ3v) is 6.01. The molecule has 2 atom stereocenters. The first kappa shape index (κ1) is 18.9. The largest absolute Gasteiger partial charge is 0.573 e. The molecule has 0 aromatic heterocycles. The second-order valence-corrected chi connectivity index (χ2v) is 7.63. The molecule has 1 aromatic rings. The second-order valence-electron chi connectivity index (χ2n) is 6.34. The number of amides is 2. The van der Waals surface area contributed by atoms with Crippen LogP contribution in [0.3, 0.4) is 0 Å². The maximum Gasteiger partial charge on any atom is 0.573 e. The number of ether oxygens (including phenoxy) is 1. The summed E-state index contributed by atoms with van der Waals surface area (Å²) >= 11 is 1.29. The van der Waals surface area contributed by atoms with Gasteiger partial charge in [-0.05, 0) is 30.5 Å². The van der Waals surface area contributed by atoms with Crippen LogP contribution in [-0.2, 0) is 9.59 Å². The van der Waals surface area contributed by atoms with Gasteiger partial charge >= 0.3 is 6.36 Å². The minimum absolute atomic E-state index is 0.0449. The van der Waals surface area contributed by atoms with Gasteiger partial charge in [-0.1, -0.05) is 12.1 Å². The number of likely N-dealkylation sites (tertiary alicyclic amines) is 1. The van der Waals surface area contributed by atoms with Crippen LogP contribution in [-0.4, -0.2) is 53.4 Å². The molecule has 26 heavy (non-hydrogen) atoms. The smallest absolute Gasteiger partial charge is 0.406 e. The number of rotatable bonds is 4. The Morgan fingerprint density at radius 1 is 1.31 bits per heavy atom. The van der Waals surface area contributed by atoms with E-state index in [4.69, 9.17) is 0 Å². The third-order valence-electron chi connectivity index (χ3n) is 4.46. The fourth-order valence-corrected chi connectivity index (χ4v) is 4.63. The van der Waals surface area contributed by atoms with Crippen LogP contribution in [0.2, 0.25) is 0 Å². The van der Waals surface area contributed by atoms with Crippen molar-refractivity contribution in [3.05, 3.63) is 29.8 Å². The minimum Gasteiger partial charge on any atom is -0.406 e. The summed E-state index contributed by atoms with van der Waals surface area (Å²) in [4.78, 5) is 28.0. The number of carbonyl (C=O) groups excluding carboxylic acids is 2. The van der Waals surface area contributed by atoms with E-state index in [-0.39, 0.29) is 24.0 Å². The first-order valence-corrected chi connectivity index (χ1v) is 9.24. The molecular weight excluding hydrogens is 369 g/mol. The maximum absolute atomic E-state index is 12.5. The van der Waals surface area contributed by atoms with E-state index >= 15 is 0 Å². The van der Waals surface area contributed by atoms with Crippen molar-refractivity contribution >= 4 is 23.6 Å². The summed E-state index contributed by atoms with van der Waals surface area (Å²) in [5.74, 6) is -0.556. The van der Waals surface area contributed by atoms with Crippen LogP contribution in [0.5, 0.6) is 5.75 Å². The van der Waals surface area contributed by atoms with Crippen LogP contribution in [0.25, 0.3) is 0 Å². The lowest BCUT2D eigenvalue weighted by molar-refractivity contribution is -0.274. The summed E-state index contributed by atoms with van der Waals surface area (Å²) in [5.41, 5.74) is 0.531. The minimum atomic E-state index is -4.77. The van der Waals surface area contributed by atoms with Crippen LogP contribution in [0.4, 0.5) is 13.2 Å². The Hall–Kier alpha value is -1.90. The molecule has 142 valence electrons. The molecule has 0 aliphatic carbocycles. The monoisotopic (exact) mass is 388 g/mol. The summed E-state index contributed by atoms with van der Waals surface area (Å²) in [6.45, 7) is 1.45. The molecule has 0 saturated carbocycles. The highest BCUT2D eigenvalue weighted by molar-refractivity contribution is 8.01. The molecule has 2 aliphatic heterocycles. The second kappa shape index (κ2) is 7.38. The van der Waals surface area contributed by atoms with Gasteiger partial charge in [-0.3, -0.25) is 9.59 Å². The predicted octanol–water partition coefficient (Wildman–Crippen LogP) is 3.17. The molecule has 5 nitrogen and oxygen atoms in total. The molecule has 0 bridgehead atoms. The highest BCUT2D eigenvalue weighted by atomic mass is 32.2. The average Bonchev–Trinajstić information content (AvgIpc) is 3.18. The lowest BCUT2D eigenvalue weighted by Gasteiger charge is -2.19. The molecule has 9 heteroatoms. The Labute approximate surface area is 153 Å². The molecule has 0 spiro atoms. The number of alkyl halides is 3. The van der Waals surface area contributed by atoms with Crippen molar-refractivity contribution in [2.24, 2.45) is 0 Å². The van der Waals surface area contributed by atoms with Crippen molar-refractivity contribution < 1.29 is 27.5 Å². The molecule has 2 aliphatic rings. The van der Waals surface area contributed by atoms with Crippen molar-refractivity contribution in [1.82, 2.24) is 9.80 Å². The van der Waals surface area contributed by atoms with Gasteiger partial charge in [-0.15, -0.1) is 24.9 Å². The number of hydrogen-bond acceptors (Lipinski definition) is 4. The molecule has 3 rings (SSSR count). The number of thioether (sulfide) groups is 1. The number of halogens is 3. The van der Waals surface area contributed by atoms with E-state index in [0.717, 1.165) is 25.9 Å². The molecule has 2 unspecified atom stereocenters. The zero-order valence-electron chi connectivity index (χ0n) is 14.2. The summed E-state index contributed by atoms with van der Waals surface area (Å²) in [6.07, 6.45) is -2.70. The number of hydrogen-bond donors (Lipinski definition) is 0. The van der Waals surface area contributed by atoms with Crippen LogP contribution < -0.4 is 4.74 Å². The van der Waals surface area contributed by atoms with Crippen molar-refractivity contribution in [3.63, 3.8) is 0 Å². The van der Waals surface area contributed by atoms with E-state index in [0.29, 0.717) is 5.56 Å². The van der Waals surface area contributed by atoms with Crippen LogP contribution >= 0.6 is 11.8 Å². The summed E-state index contributed by atoms with van der Waals surface area (Å²) < 4.78 is 41.2. The first-order valence-electron chi connectivity index (χ1n) is 8.30. The quantitative estimate of drug-likeness (QED) is 0.795. The number of carbonyl (C=O) groups is 2. The van der Waals surface area contributed by atoms with Crippen molar-refractivity contribution in [2.45, 2.75) is 36.2 Å². The van der Waals surface area contributed by atoms with Gasteiger partial charge < -0.3 is 14.5 Å². The zero-order chi connectivity index (χ0) is 18.9. The van der Waals surface area contributed by atoms with Gasteiger partial charge in [0.25, 0.3) is 0 Å². The van der Waals surface area contributed by atoms with E-state index in [1.807, 2.05) is 0 Å². The van der Waals surface area contributed by atoms with E-state index in [1.165, 1.54) is 34.9 Å². The maximum atomic E-state index is 12.5. The van der Waals surface area contributed by atoms with E-state index in [9.17, 15) is 22.8 Å². The van der Waals surface area contributed by atoms with Gasteiger partial charge in [0.15, 0.2) is 0 Å². The van der Waals surface area contributed by atoms with E-state index < -0.39 is 17.0 Å². The van der Waals surface area contributed by atoms with Crippen molar-refractivity contribution in [3.8, 4) is 5.75 Å². The normalized spacial score (nSPS) is 23.6. The van der Waals surface area contributed by atoms with E-state index in [2.05, 4.69) is 4.74 Å². The Bertz CT molecular complexity index is 692. The molecule has 2 fully saturated rings. The lowest BCUT2D eigenvalue weighted by atomic mass is 10.2. The molecule has 2 saturated heterocycles. The van der Waals surface area contributed by atoms with Gasteiger partial charge in [0, 0.05) is 26.6 Å². The fraction of sp³-hybridized carbons (Fsp3) is 0.529. The Morgan fingerprint density at radius 2 is 2.00 bits per heavy atom. The lowest BCUT2D eigenvalue weighted by Crippen LogP contribution is -2.33. The topological polar surface area (TPSA) is 49.9 Å². The predicted molar refractivity (Wildman–Crippen MR) is 90.4 cm³/mol.